The normalized spacial score (nSPS) is 15.6. The van der Waals surface area contributed by atoms with Crippen molar-refractivity contribution in [2.45, 2.75) is 25.8 Å². The zero-order chi connectivity index (χ0) is 23.1. The van der Waals surface area contributed by atoms with Gasteiger partial charge in [0.15, 0.2) is 5.82 Å². The molecule has 0 bridgehead atoms. The monoisotopic (exact) mass is 454 g/mol. The molecule has 1 saturated heterocycles. The number of hydrogen-bond acceptors (Lipinski definition) is 5. The molecule has 1 amide bonds. The molecule has 0 atom stereocenters. The van der Waals surface area contributed by atoms with Crippen LogP contribution in [0.3, 0.4) is 0 Å². The van der Waals surface area contributed by atoms with Gasteiger partial charge in [0.2, 0.25) is 11.7 Å². The average Bonchev–Trinajstić information content (AvgIpc) is 3.56. The summed E-state index contributed by atoms with van der Waals surface area (Å²) in [5, 5.41) is 4.52. The molecule has 34 heavy (non-hydrogen) atoms. The fraction of sp³-hybridized carbons (Fsp3) is 0.308. The number of benzene rings is 2. The minimum Gasteiger partial charge on any atom is -0.368 e. The molecule has 0 N–H and O–H groups in total. The third-order valence-electron chi connectivity index (χ3n) is 6.88. The van der Waals surface area contributed by atoms with Crippen molar-refractivity contribution in [2.24, 2.45) is 0 Å². The van der Waals surface area contributed by atoms with E-state index in [1.165, 1.54) is 10.2 Å². The van der Waals surface area contributed by atoms with E-state index in [0.717, 1.165) is 42.8 Å². The Morgan fingerprint density at radius 1 is 0.882 bits per heavy atom. The van der Waals surface area contributed by atoms with Crippen molar-refractivity contribution < 1.29 is 4.79 Å². The molecule has 0 radical (unpaired) electrons. The zero-order valence-electron chi connectivity index (χ0n) is 18.9. The van der Waals surface area contributed by atoms with Gasteiger partial charge in [-0.3, -0.25) is 9.59 Å². The molecule has 1 aliphatic heterocycles. The van der Waals surface area contributed by atoms with Crippen LogP contribution in [0.4, 0.5) is 5.69 Å². The van der Waals surface area contributed by atoms with Gasteiger partial charge in [-0.2, -0.15) is 9.50 Å². The van der Waals surface area contributed by atoms with Crippen LogP contribution in [-0.4, -0.2) is 56.2 Å². The Hall–Kier alpha value is -3.94. The molecule has 0 unspecified atom stereocenters. The lowest BCUT2D eigenvalue weighted by Gasteiger charge is -2.36. The molecular formula is C26H26N6O2. The number of rotatable bonds is 4. The van der Waals surface area contributed by atoms with E-state index in [4.69, 9.17) is 4.98 Å². The number of nitrogens with zero attached hydrogens (tertiary/aromatic N) is 6. The number of anilines is 1. The van der Waals surface area contributed by atoms with E-state index in [1.54, 1.807) is 0 Å². The molecule has 172 valence electrons. The molecule has 3 heterocycles. The maximum atomic E-state index is 13.4. The number of aromatic nitrogens is 4. The third kappa shape index (κ3) is 3.55. The summed E-state index contributed by atoms with van der Waals surface area (Å²) in [5.41, 5.74) is 3.61. The molecule has 2 aromatic heterocycles. The van der Waals surface area contributed by atoms with Gasteiger partial charge in [0, 0.05) is 48.7 Å². The highest BCUT2D eigenvalue weighted by atomic mass is 16.2. The molecule has 2 aliphatic rings. The lowest BCUT2D eigenvalue weighted by Crippen LogP contribution is -2.49. The molecule has 0 saturated carbocycles. The summed E-state index contributed by atoms with van der Waals surface area (Å²) in [6.07, 6.45) is 2.41. The van der Waals surface area contributed by atoms with Crippen molar-refractivity contribution in [3.05, 3.63) is 82.3 Å². The highest BCUT2D eigenvalue weighted by Crippen LogP contribution is 2.23. The lowest BCUT2D eigenvalue weighted by atomic mass is 10.2. The van der Waals surface area contributed by atoms with Crippen LogP contribution in [0, 0.1) is 0 Å². The maximum absolute atomic E-state index is 13.4. The van der Waals surface area contributed by atoms with E-state index in [9.17, 15) is 9.59 Å². The van der Waals surface area contributed by atoms with Crippen LogP contribution in [0.25, 0.3) is 17.2 Å². The predicted molar refractivity (Wildman–Crippen MR) is 130 cm³/mol. The zero-order valence-corrected chi connectivity index (χ0v) is 18.9. The molecule has 4 aromatic rings. The Balaban J connectivity index is 1.29. The quantitative estimate of drug-likeness (QED) is 0.473. The first-order chi connectivity index (χ1) is 16.7. The van der Waals surface area contributed by atoms with Crippen LogP contribution in [-0.2, 0) is 24.2 Å². The summed E-state index contributed by atoms with van der Waals surface area (Å²) in [6.45, 7) is 3.13. The largest absolute Gasteiger partial charge is 0.368 e. The number of amides is 1. The molecule has 8 nitrogen and oxygen atoms in total. The summed E-state index contributed by atoms with van der Waals surface area (Å²) >= 11 is 0. The number of hydrogen-bond donors (Lipinski definition) is 0. The lowest BCUT2D eigenvalue weighted by molar-refractivity contribution is -0.132. The highest BCUT2D eigenvalue weighted by Gasteiger charge is 2.27. The number of piperazine rings is 1. The van der Waals surface area contributed by atoms with E-state index in [1.807, 2.05) is 58.0 Å². The summed E-state index contributed by atoms with van der Waals surface area (Å²) in [5.74, 6) is 0.997. The summed E-state index contributed by atoms with van der Waals surface area (Å²) in [6, 6.07) is 19.9. The van der Waals surface area contributed by atoms with Gasteiger partial charge in [-0.1, -0.05) is 48.5 Å². The minimum absolute atomic E-state index is 0.0524. The molecule has 8 heteroatoms. The fourth-order valence-electron chi connectivity index (χ4n) is 5.08. The van der Waals surface area contributed by atoms with Gasteiger partial charge in [-0.05, 0) is 31.4 Å². The standard InChI is InChI=1S/C26H26N6O2/c33-23(30-16-14-29(15-17-30)20-10-5-2-6-11-20)18-31-22-13-7-12-21(22)25(34)32-26(31)27-24(28-32)19-8-3-1-4-9-19/h1-6,8-11H,7,12-18H2. The first-order valence-corrected chi connectivity index (χ1v) is 11.8. The summed E-state index contributed by atoms with van der Waals surface area (Å²) in [4.78, 5) is 35.4. The van der Waals surface area contributed by atoms with E-state index in [0.29, 0.717) is 31.1 Å². The topological polar surface area (TPSA) is 75.7 Å². The van der Waals surface area contributed by atoms with Crippen molar-refractivity contribution >= 4 is 17.4 Å². The van der Waals surface area contributed by atoms with Crippen LogP contribution in [0.5, 0.6) is 0 Å². The molecule has 1 fully saturated rings. The number of fused-ring (bicyclic) bond motifs is 2. The van der Waals surface area contributed by atoms with Crippen molar-refractivity contribution in [1.29, 1.82) is 0 Å². The first-order valence-electron chi connectivity index (χ1n) is 11.8. The Morgan fingerprint density at radius 2 is 1.59 bits per heavy atom. The van der Waals surface area contributed by atoms with Crippen molar-refractivity contribution in [3.63, 3.8) is 0 Å². The van der Waals surface area contributed by atoms with Crippen LogP contribution >= 0.6 is 0 Å². The molecule has 0 spiro atoms. The molecule has 6 rings (SSSR count). The SMILES string of the molecule is O=C(Cn1c2c(c(=O)n3nc(-c4ccccc4)nc13)CCC2)N1CCN(c2ccccc2)CC1. The van der Waals surface area contributed by atoms with Gasteiger partial charge in [0.05, 0.1) is 0 Å². The Labute approximate surface area is 197 Å². The smallest absolute Gasteiger partial charge is 0.279 e. The van der Waals surface area contributed by atoms with Crippen LogP contribution in [0.15, 0.2) is 65.5 Å². The minimum atomic E-state index is -0.114. The Kier molecular flexibility index (Phi) is 5.13. The van der Waals surface area contributed by atoms with Gasteiger partial charge in [-0.25, -0.2) is 0 Å². The predicted octanol–water partition coefficient (Wildman–Crippen LogP) is 2.40. The molecular weight excluding hydrogens is 428 g/mol. The fourth-order valence-corrected chi connectivity index (χ4v) is 5.08. The van der Waals surface area contributed by atoms with E-state index in [-0.39, 0.29) is 18.0 Å². The van der Waals surface area contributed by atoms with Crippen LogP contribution in [0.2, 0.25) is 0 Å². The summed E-state index contributed by atoms with van der Waals surface area (Å²) in [7, 11) is 0. The van der Waals surface area contributed by atoms with Crippen molar-refractivity contribution in [2.75, 3.05) is 31.1 Å². The third-order valence-corrected chi connectivity index (χ3v) is 6.88. The van der Waals surface area contributed by atoms with Crippen LogP contribution < -0.4 is 10.5 Å². The maximum Gasteiger partial charge on any atom is 0.279 e. The van der Waals surface area contributed by atoms with Gasteiger partial charge >= 0.3 is 0 Å². The average molecular weight is 455 g/mol. The second kappa shape index (κ2) is 8.44. The number of carbonyl (C=O) groups is 1. The van der Waals surface area contributed by atoms with Crippen LogP contribution in [0.1, 0.15) is 17.7 Å². The number of para-hydroxylation sites is 1. The van der Waals surface area contributed by atoms with Crippen molar-refractivity contribution in [1.82, 2.24) is 24.1 Å². The van der Waals surface area contributed by atoms with Gasteiger partial charge in [0.1, 0.15) is 6.54 Å². The van der Waals surface area contributed by atoms with Gasteiger partial charge in [0.25, 0.3) is 5.56 Å². The Bertz CT molecular complexity index is 1400. The second-order valence-corrected chi connectivity index (χ2v) is 8.89. The van der Waals surface area contributed by atoms with E-state index < -0.39 is 0 Å². The molecule has 1 aliphatic carbocycles. The van der Waals surface area contributed by atoms with E-state index >= 15 is 0 Å². The van der Waals surface area contributed by atoms with E-state index in [2.05, 4.69) is 22.1 Å². The van der Waals surface area contributed by atoms with Gasteiger partial charge < -0.3 is 14.4 Å². The Morgan fingerprint density at radius 3 is 2.32 bits per heavy atom. The van der Waals surface area contributed by atoms with Gasteiger partial charge in [-0.15, -0.1) is 5.10 Å². The summed E-state index contributed by atoms with van der Waals surface area (Å²) < 4.78 is 3.31. The van der Waals surface area contributed by atoms with Crippen molar-refractivity contribution in [3.8, 4) is 11.4 Å². The first kappa shape index (κ1) is 20.7. The second-order valence-electron chi connectivity index (χ2n) is 8.89. The number of carbonyl (C=O) groups excluding carboxylic acids is 1. The molecule has 2 aromatic carbocycles. The highest BCUT2D eigenvalue weighted by molar-refractivity contribution is 5.77.